The standard InChI is InChI=1S/C20H16FN5OS/c1-13-2-6-15(7-3-13)25-18(27)11-28-20-17-10-24-26(19(17)22-12-23-20)16-8-4-14(21)5-9-16/h2-10,12H,11H2,1H3,(H,25,27). The van der Waals surface area contributed by atoms with Gasteiger partial charge in [0.05, 0.1) is 23.0 Å². The molecule has 1 N–H and O–H groups in total. The lowest BCUT2D eigenvalue weighted by Gasteiger charge is -2.06. The van der Waals surface area contributed by atoms with Crippen molar-refractivity contribution in [2.75, 3.05) is 11.1 Å². The van der Waals surface area contributed by atoms with Crippen molar-refractivity contribution in [2.45, 2.75) is 11.9 Å². The quantitative estimate of drug-likeness (QED) is 0.410. The van der Waals surface area contributed by atoms with Gasteiger partial charge >= 0.3 is 0 Å². The summed E-state index contributed by atoms with van der Waals surface area (Å²) >= 11 is 1.31. The third-order valence-electron chi connectivity index (χ3n) is 4.08. The van der Waals surface area contributed by atoms with Crippen LogP contribution in [-0.2, 0) is 4.79 Å². The van der Waals surface area contributed by atoms with Crippen molar-refractivity contribution in [3.63, 3.8) is 0 Å². The van der Waals surface area contributed by atoms with Gasteiger partial charge < -0.3 is 5.32 Å². The smallest absolute Gasteiger partial charge is 0.234 e. The Bertz CT molecular complexity index is 1130. The Morgan fingerprint density at radius 1 is 1.11 bits per heavy atom. The maximum atomic E-state index is 13.2. The number of hydrogen-bond donors (Lipinski definition) is 1. The number of hydrogen-bond acceptors (Lipinski definition) is 5. The molecular weight excluding hydrogens is 377 g/mol. The number of carbonyl (C=O) groups excluding carboxylic acids is 1. The summed E-state index contributed by atoms with van der Waals surface area (Å²) < 4.78 is 14.8. The second-order valence-electron chi connectivity index (χ2n) is 6.15. The highest BCUT2D eigenvalue weighted by Gasteiger charge is 2.13. The van der Waals surface area contributed by atoms with E-state index in [2.05, 4.69) is 20.4 Å². The van der Waals surface area contributed by atoms with E-state index in [9.17, 15) is 9.18 Å². The fourth-order valence-electron chi connectivity index (χ4n) is 2.68. The molecule has 0 saturated heterocycles. The molecule has 0 unspecified atom stereocenters. The van der Waals surface area contributed by atoms with E-state index in [0.29, 0.717) is 16.4 Å². The summed E-state index contributed by atoms with van der Waals surface area (Å²) in [6.07, 6.45) is 3.09. The second-order valence-corrected chi connectivity index (χ2v) is 7.12. The number of carbonyl (C=O) groups is 1. The molecule has 2 aromatic heterocycles. The minimum Gasteiger partial charge on any atom is -0.325 e. The Kier molecular flexibility index (Phi) is 5.03. The molecule has 28 heavy (non-hydrogen) atoms. The van der Waals surface area contributed by atoms with Crippen molar-refractivity contribution in [3.8, 4) is 5.69 Å². The summed E-state index contributed by atoms with van der Waals surface area (Å²) in [5, 5.41) is 8.60. The largest absolute Gasteiger partial charge is 0.325 e. The molecule has 6 nitrogen and oxygen atoms in total. The minimum absolute atomic E-state index is 0.119. The molecule has 0 bridgehead atoms. The molecule has 0 aliphatic carbocycles. The van der Waals surface area contributed by atoms with Crippen molar-refractivity contribution in [1.82, 2.24) is 19.7 Å². The molecule has 0 radical (unpaired) electrons. The Hall–Kier alpha value is -3.26. The van der Waals surface area contributed by atoms with Crippen molar-refractivity contribution >= 4 is 34.4 Å². The van der Waals surface area contributed by atoms with E-state index in [4.69, 9.17) is 0 Å². The molecule has 2 aromatic carbocycles. The number of rotatable bonds is 5. The van der Waals surface area contributed by atoms with Gasteiger partial charge in [0.2, 0.25) is 5.91 Å². The van der Waals surface area contributed by atoms with E-state index in [1.165, 1.54) is 30.2 Å². The van der Waals surface area contributed by atoms with Gasteiger partial charge in [-0.25, -0.2) is 19.0 Å². The van der Waals surface area contributed by atoms with Gasteiger partial charge in [-0.1, -0.05) is 29.5 Å². The summed E-state index contributed by atoms with van der Waals surface area (Å²) in [7, 11) is 0. The predicted molar refractivity (Wildman–Crippen MR) is 107 cm³/mol. The molecular formula is C20H16FN5OS. The van der Waals surface area contributed by atoms with E-state index in [1.807, 2.05) is 31.2 Å². The van der Waals surface area contributed by atoms with Crippen molar-refractivity contribution < 1.29 is 9.18 Å². The zero-order valence-electron chi connectivity index (χ0n) is 15.0. The Labute approximate surface area is 164 Å². The van der Waals surface area contributed by atoms with Gasteiger partial charge in [0.25, 0.3) is 0 Å². The monoisotopic (exact) mass is 393 g/mol. The van der Waals surface area contributed by atoms with Gasteiger partial charge in [-0.2, -0.15) is 5.10 Å². The molecule has 8 heteroatoms. The Morgan fingerprint density at radius 2 is 1.86 bits per heavy atom. The highest BCUT2D eigenvalue weighted by molar-refractivity contribution is 8.00. The van der Waals surface area contributed by atoms with Crippen LogP contribution in [0.2, 0.25) is 0 Å². The normalized spacial score (nSPS) is 10.9. The fraction of sp³-hybridized carbons (Fsp3) is 0.100. The van der Waals surface area contributed by atoms with Crippen LogP contribution in [0.25, 0.3) is 16.7 Å². The van der Waals surface area contributed by atoms with E-state index in [0.717, 1.165) is 16.6 Å². The average molecular weight is 393 g/mol. The molecule has 0 aliphatic heterocycles. The lowest BCUT2D eigenvalue weighted by molar-refractivity contribution is -0.113. The molecule has 1 amide bonds. The number of benzene rings is 2. The number of thioether (sulfide) groups is 1. The summed E-state index contributed by atoms with van der Waals surface area (Å²) in [5.74, 6) is -0.223. The molecule has 0 spiro atoms. The minimum atomic E-state index is -0.314. The molecule has 4 rings (SSSR count). The zero-order valence-corrected chi connectivity index (χ0v) is 15.8. The molecule has 2 heterocycles. The number of amides is 1. The first kappa shape index (κ1) is 18.1. The Balaban J connectivity index is 1.50. The maximum absolute atomic E-state index is 13.2. The van der Waals surface area contributed by atoms with Crippen LogP contribution in [0.15, 0.2) is 66.1 Å². The predicted octanol–water partition coefficient (Wildman–Crippen LogP) is 3.99. The highest BCUT2D eigenvalue weighted by atomic mass is 32.2. The number of nitrogens with zero attached hydrogens (tertiary/aromatic N) is 4. The summed E-state index contributed by atoms with van der Waals surface area (Å²) in [5.41, 5.74) is 3.19. The van der Waals surface area contributed by atoms with Crippen LogP contribution >= 0.6 is 11.8 Å². The van der Waals surface area contributed by atoms with Crippen LogP contribution < -0.4 is 5.32 Å². The number of halogens is 1. The van der Waals surface area contributed by atoms with Gasteiger partial charge in [0.1, 0.15) is 17.2 Å². The SMILES string of the molecule is Cc1ccc(NC(=O)CSc2ncnc3c2cnn3-c2ccc(F)cc2)cc1. The first-order valence-corrected chi connectivity index (χ1v) is 9.53. The van der Waals surface area contributed by atoms with E-state index >= 15 is 0 Å². The number of fused-ring (bicyclic) bond motifs is 1. The molecule has 4 aromatic rings. The number of aromatic nitrogens is 4. The first-order valence-electron chi connectivity index (χ1n) is 8.54. The van der Waals surface area contributed by atoms with Gasteiger partial charge in [-0.3, -0.25) is 4.79 Å². The second kappa shape index (κ2) is 7.77. The van der Waals surface area contributed by atoms with Gasteiger partial charge in [0.15, 0.2) is 5.65 Å². The topological polar surface area (TPSA) is 72.7 Å². The van der Waals surface area contributed by atoms with E-state index in [1.54, 1.807) is 23.0 Å². The van der Waals surface area contributed by atoms with Crippen LogP contribution in [0.1, 0.15) is 5.56 Å². The zero-order chi connectivity index (χ0) is 19.5. The summed E-state index contributed by atoms with van der Waals surface area (Å²) in [6.45, 7) is 1.99. The van der Waals surface area contributed by atoms with Crippen molar-refractivity contribution in [2.24, 2.45) is 0 Å². The lowest BCUT2D eigenvalue weighted by Crippen LogP contribution is -2.14. The van der Waals surface area contributed by atoms with Gasteiger partial charge in [-0.05, 0) is 43.3 Å². The number of aryl methyl sites for hydroxylation is 1. The van der Waals surface area contributed by atoms with Crippen LogP contribution in [0.5, 0.6) is 0 Å². The molecule has 0 aliphatic rings. The summed E-state index contributed by atoms with van der Waals surface area (Å²) in [4.78, 5) is 20.8. The third kappa shape index (κ3) is 3.86. The molecule has 0 fully saturated rings. The van der Waals surface area contributed by atoms with Crippen molar-refractivity contribution in [1.29, 1.82) is 0 Å². The molecule has 140 valence electrons. The first-order chi connectivity index (χ1) is 13.6. The van der Waals surface area contributed by atoms with Crippen LogP contribution in [0.4, 0.5) is 10.1 Å². The van der Waals surface area contributed by atoms with Crippen molar-refractivity contribution in [3.05, 3.63) is 72.4 Å². The van der Waals surface area contributed by atoms with Crippen LogP contribution in [0.3, 0.4) is 0 Å². The molecule has 0 atom stereocenters. The van der Waals surface area contributed by atoms with E-state index in [-0.39, 0.29) is 17.5 Å². The number of anilines is 1. The number of nitrogens with one attached hydrogen (secondary N) is 1. The van der Waals surface area contributed by atoms with Gasteiger partial charge in [0, 0.05) is 5.69 Å². The Morgan fingerprint density at radius 3 is 2.61 bits per heavy atom. The van der Waals surface area contributed by atoms with Crippen LogP contribution in [-0.4, -0.2) is 31.4 Å². The van der Waals surface area contributed by atoms with Crippen LogP contribution in [0, 0.1) is 12.7 Å². The summed E-state index contributed by atoms with van der Waals surface area (Å²) in [6, 6.07) is 13.6. The highest BCUT2D eigenvalue weighted by Crippen LogP contribution is 2.26. The molecule has 0 saturated carbocycles. The van der Waals surface area contributed by atoms with Gasteiger partial charge in [-0.15, -0.1) is 0 Å². The average Bonchev–Trinajstić information content (AvgIpc) is 3.13. The van der Waals surface area contributed by atoms with E-state index < -0.39 is 0 Å². The lowest BCUT2D eigenvalue weighted by atomic mass is 10.2. The maximum Gasteiger partial charge on any atom is 0.234 e. The fourth-order valence-corrected chi connectivity index (χ4v) is 3.44. The third-order valence-corrected chi connectivity index (χ3v) is 5.08.